The van der Waals surface area contributed by atoms with Gasteiger partial charge in [-0.2, -0.15) is 0 Å². The molecule has 0 atom stereocenters. The van der Waals surface area contributed by atoms with Crippen LogP contribution in [0.5, 0.6) is 11.5 Å². The molecule has 0 aliphatic carbocycles. The first-order valence-corrected chi connectivity index (χ1v) is 10.6. The van der Waals surface area contributed by atoms with Gasteiger partial charge in [0.25, 0.3) is 0 Å². The molecular weight excluding hydrogens is 416 g/mol. The maximum atomic E-state index is 12.6. The van der Waals surface area contributed by atoms with E-state index in [4.69, 9.17) is 13.9 Å². The van der Waals surface area contributed by atoms with E-state index in [9.17, 15) is 4.79 Å². The average Bonchev–Trinajstić information content (AvgIpc) is 3.48. The maximum absolute atomic E-state index is 12.6. The van der Waals surface area contributed by atoms with Gasteiger partial charge in [-0.25, -0.2) is 0 Å². The van der Waals surface area contributed by atoms with Crippen molar-refractivity contribution in [3.63, 3.8) is 0 Å². The zero-order valence-corrected chi connectivity index (χ0v) is 17.2. The number of para-hydroxylation sites is 1. The highest BCUT2D eigenvalue weighted by atomic mass is 32.2. The lowest BCUT2D eigenvalue weighted by Gasteiger charge is -2.19. The molecule has 0 fully saturated rings. The fourth-order valence-corrected chi connectivity index (χ4v) is 3.94. The Hall–Kier alpha value is -3.72. The minimum Gasteiger partial charge on any atom is -0.486 e. The molecule has 4 aromatic rings. The van der Waals surface area contributed by atoms with Crippen molar-refractivity contribution in [2.75, 3.05) is 24.3 Å². The van der Waals surface area contributed by atoms with E-state index in [1.807, 2.05) is 41.0 Å². The number of fused-ring (bicyclic) bond motifs is 1. The van der Waals surface area contributed by atoms with Gasteiger partial charge < -0.3 is 19.2 Å². The van der Waals surface area contributed by atoms with Crippen molar-refractivity contribution in [1.82, 2.24) is 14.8 Å². The first-order valence-electron chi connectivity index (χ1n) is 9.65. The van der Waals surface area contributed by atoms with Crippen LogP contribution in [-0.4, -0.2) is 39.6 Å². The van der Waals surface area contributed by atoms with Crippen molar-refractivity contribution in [1.29, 1.82) is 0 Å². The minimum atomic E-state index is -0.163. The lowest BCUT2D eigenvalue weighted by atomic mass is 10.2. The van der Waals surface area contributed by atoms with E-state index in [-0.39, 0.29) is 11.7 Å². The summed E-state index contributed by atoms with van der Waals surface area (Å²) in [6.45, 7) is 1.02. The highest BCUT2D eigenvalue weighted by molar-refractivity contribution is 7.99. The highest BCUT2D eigenvalue weighted by Crippen LogP contribution is 2.33. The Morgan fingerprint density at radius 2 is 1.84 bits per heavy atom. The maximum Gasteiger partial charge on any atom is 0.234 e. The molecule has 8 nitrogen and oxygen atoms in total. The molecule has 2 aromatic heterocycles. The summed E-state index contributed by atoms with van der Waals surface area (Å²) < 4.78 is 18.5. The first kappa shape index (κ1) is 19.3. The molecule has 31 heavy (non-hydrogen) atoms. The van der Waals surface area contributed by atoms with Crippen LogP contribution in [0.3, 0.4) is 0 Å². The zero-order valence-electron chi connectivity index (χ0n) is 16.4. The second kappa shape index (κ2) is 8.57. The summed E-state index contributed by atoms with van der Waals surface area (Å²) in [4.78, 5) is 12.6. The largest absolute Gasteiger partial charge is 0.486 e. The Bertz CT molecular complexity index is 1190. The van der Waals surface area contributed by atoms with E-state index in [2.05, 4.69) is 15.5 Å². The topological polar surface area (TPSA) is 91.4 Å². The fourth-order valence-electron chi connectivity index (χ4n) is 3.19. The number of furan rings is 1. The van der Waals surface area contributed by atoms with Crippen molar-refractivity contribution < 1.29 is 18.7 Å². The molecule has 0 radical (unpaired) electrons. The molecule has 3 heterocycles. The summed E-state index contributed by atoms with van der Waals surface area (Å²) >= 11 is 1.30. The first-order chi connectivity index (χ1) is 15.3. The normalized spacial score (nSPS) is 12.5. The van der Waals surface area contributed by atoms with Gasteiger partial charge in [0.05, 0.1) is 12.0 Å². The van der Waals surface area contributed by atoms with Crippen LogP contribution >= 0.6 is 11.8 Å². The van der Waals surface area contributed by atoms with Crippen molar-refractivity contribution in [2.24, 2.45) is 0 Å². The van der Waals surface area contributed by atoms with E-state index in [1.54, 1.807) is 30.5 Å². The van der Waals surface area contributed by atoms with Crippen LogP contribution in [-0.2, 0) is 4.79 Å². The molecule has 0 bridgehead atoms. The zero-order chi connectivity index (χ0) is 21.0. The number of hydrogen-bond acceptors (Lipinski definition) is 7. The highest BCUT2D eigenvalue weighted by Gasteiger charge is 2.19. The van der Waals surface area contributed by atoms with Gasteiger partial charge in [-0.15, -0.1) is 10.2 Å². The number of benzene rings is 2. The summed E-state index contributed by atoms with van der Waals surface area (Å²) in [7, 11) is 0. The molecule has 156 valence electrons. The molecule has 2 aromatic carbocycles. The SMILES string of the molecule is O=C(CSc1nnc(-c2ccco2)n1-c1ccccc1)Nc1ccc2c(c1)OCCO2. The molecule has 1 amide bonds. The quantitative estimate of drug-likeness (QED) is 0.458. The second-order valence-electron chi connectivity index (χ2n) is 6.65. The molecule has 1 aliphatic rings. The minimum absolute atomic E-state index is 0.163. The van der Waals surface area contributed by atoms with Crippen LogP contribution in [0.25, 0.3) is 17.3 Å². The molecule has 1 aliphatic heterocycles. The molecule has 1 N–H and O–H groups in total. The fraction of sp³-hybridized carbons (Fsp3) is 0.136. The number of aromatic nitrogens is 3. The van der Waals surface area contributed by atoms with Gasteiger partial charge in [0.2, 0.25) is 11.7 Å². The summed E-state index contributed by atoms with van der Waals surface area (Å²) in [6, 6.07) is 18.7. The summed E-state index contributed by atoms with van der Waals surface area (Å²) in [5.41, 5.74) is 1.53. The van der Waals surface area contributed by atoms with Crippen molar-refractivity contribution >= 4 is 23.4 Å². The van der Waals surface area contributed by atoms with Gasteiger partial charge in [-0.05, 0) is 36.4 Å². The summed E-state index contributed by atoms with van der Waals surface area (Å²) in [5.74, 6) is 2.49. The lowest BCUT2D eigenvalue weighted by Crippen LogP contribution is -2.17. The monoisotopic (exact) mass is 434 g/mol. The van der Waals surface area contributed by atoms with Crippen LogP contribution in [0.1, 0.15) is 0 Å². The Kier molecular flexibility index (Phi) is 5.32. The Labute approximate surface area is 182 Å². The standard InChI is InChI=1S/C22H18N4O4S/c27-20(23-15-8-9-17-19(13-15)30-12-11-29-17)14-31-22-25-24-21(18-7-4-10-28-18)26(22)16-5-2-1-3-6-16/h1-10,13H,11-12,14H2,(H,23,27). The summed E-state index contributed by atoms with van der Waals surface area (Å²) in [6.07, 6.45) is 1.59. The molecule has 0 saturated carbocycles. The van der Waals surface area contributed by atoms with E-state index in [1.165, 1.54) is 11.8 Å². The van der Waals surface area contributed by atoms with Crippen molar-refractivity contribution in [3.05, 3.63) is 66.9 Å². The van der Waals surface area contributed by atoms with E-state index in [0.29, 0.717) is 47.1 Å². The van der Waals surface area contributed by atoms with E-state index >= 15 is 0 Å². The number of hydrogen-bond donors (Lipinski definition) is 1. The average molecular weight is 434 g/mol. The number of ether oxygens (including phenoxy) is 2. The molecular formula is C22H18N4O4S. The second-order valence-corrected chi connectivity index (χ2v) is 7.59. The van der Waals surface area contributed by atoms with Crippen molar-refractivity contribution in [3.8, 4) is 28.8 Å². The van der Waals surface area contributed by atoms with Crippen LogP contribution in [0.4, 0.5) is 5.69 Å². The van der Waals surface area contributed by atoms with Gasteiger partial charge in [0.1, 0.15) is 13.2 Å². The summed E-state index contributed by atoms with van der Waals surface area (Å²) in [5, 5.41) is 12.0. The van der Waals surface area contributed by atoms with Crippen LogP contribution < -0.4 is 14.8 Å². The van der Waals surface area contributed by atoms with E-state index in [0.717, 1.165) is 5.69 Å². The Morgan fingerprint density at radius 1 is 1.00 bits per heavy atom. The van der Waals surface area contributed by atoms with Gasteiger partial charge in [0.15, 0.2) is 22.4 Å². The number of nitrogens with zero attached hydrogens (tertiary/aromatic N) is 3. The number of anilines is 1. The van der Waals surface area contributed by atoms with Gasteiger partial charge in [-0.3, -0.25) is 9.36 Å². The third-order valence-electron chi connectivity index (χ3n) is 4.55. The van der Waals surface area contributed by atoms with Gasteiger partial charge in [0, 0.05) is 17.4 Å². The number of carbonyl (C=O) groups excluding carboxylic acids is 1. The lowest BCUT2D eigenvalue weighted by molar-refractivity contribution is -0.113. The number of nitrogens with one attached hydrogen (secondary N) is 1. The number of thioether (sulfide) groups is 1. The van der Waals surface area contributed by atoms with E-state index < -0.39 is 0 Å². The van der Waals surface area contributed by atoms with Gasteiger partial charge in [-0.1, -0.05) is 30.0 Å². The van der Waals surface area contributed by atoms with Crippen LogP contribution in [0.15, 0.2) is 76.5 Å². The number of amides is 1. The van der Waals surface area contributed by atoms with Crippen molar-refractivity contribution in [2.45, 2.75) is 5.16 Å². The van der Waals surface area contributed by atoms with Gasteiger partial charge >= 0.3 is 0 Å². The third-order valence-corrected chi connectivity index (χ3v) is 5.48. The molecule has 5 rings (SSSR count). The molecule has 0 unspecified atom stereocenters. The van der Waals surface area contributed by atoms with Crippen LogP contribution in [0, 0.1) is 0 Å². The molecule has 0 saturated heterocycles. The predicted octanol–water partition coefficient (Wildman–Crippen LogP) is 4.03. The molecule has 9 heteroatoms. The van der Waals surface area contributed by atoms with Crippen LogP contribution in [0.2, 0.25) is 0 Å². The smallest absolute Gasteiger partial charge is 0.234 e. The Balaban J connectivity index is 1.33. The number of carbonyl (C=O) groups is 1. The predicted molar refractivity (Wildman–Crippen MR) is 116 cm³/mol. The number of rotatable bonds is 6. The Morgan fingerprint density at radius 3 is 2.65 bits per heavy atom. The third kappa shape index (κ3) is 4.13. The molecule has 0 spiro atoms.